The quantitative estimate of drug-likeness (QED) is 0.916. The average molecular weight is 285 g/mol. The van der Waals surface area contributed by atoms with Crippen molar-refractivity contribution in [3.05, 3.63) is 53.7 Å². The third-order valence-corrected chi connectivity index (χ3v) is 3.15. The highest BCUT2D eigenvalue weighted by molar-refractivity contribution is 5.92. The van der Waals surface area contributed by atoms with Crippen LogP contribution in [0.2, 0.25) is 0 Å². The van der Waals surface area contributed by atoms with Crippen LogP contribution in [0.25, 0.3) is 0 Å². The first-order valence-corrected chi connectivity index (χ1v) is 6.67. The van der Waals surface area contributed by atoms with Crippen molar-refractivity contribution in [2.24, 2.45) is 0 Å². The van der Waals surface area contributed by atoms with Crippen molar-refractivity contribution in [2.45, 2.75) is 6.54 Å². The fourth-order valence-electron chi connectivity index (χ4n) is 1.97. The molecule has 0 saturated carbocycles. The first-order chi connectivity index (χ1) is 10.1. The van der Waals surface area contributed by atoms with Crippen molar-refractivity contribution in [1.82, 2.24) is 9.88 Å². The molecule has 1 heterocycles. The van der Waals surface area contributed by atoms with Crippen molar-refractivity contribution in [2.75, 3.05) is 26.5 Å². The molecule has 0 aliphatic heterocycles. The van der Waals surface area contributed by atoms with Gasteiger partial charge in [0.25, 0.3) is 5.91 Å². The SMILES string of the molecule is CNc1cccc(C(=O)N(C)Cc2ccc(OC)cc2)n1. The summed E-state index contributed by atoms with van der Waals surface area (Å²) in [6, 6.07) is 13.0. The maximum absolute atomic E-state index is 12.4. The zero-order chi connectivity index (χ0) is 15.2. The standard InChI is InChI=1S/C16H19N3O2/c1-17-15-6-4-5-14(18-15)16(20)19(2)11-12-7-9-13(21-3)10-8-12/h4-10H,11H2,1-3H3,(H,17,18). The Balaban J connectivity index is 2.07. The van der Waals surface area contributed by atoms with Crippen molar-refractivity contribution in [3.63, 3.8) is 0 Å². The second-order valence-electron chi connectivity index (χ2n) is 4.67. The van der Waals surface area contributed by atoms with Gasteiger partial charge in [-0.05, 0) is 29.8 Å². The van der Waals surface area contributed by atoms with Crippen LogP contribution in [0.5, 0.6) is 5.75 Å². The summed E-state index contributed by atoms with van der Waals surface area (Å²) in [6.45, 7) is 0.522. The van der Waals surface area contributed by atoms with Crippen LogP contribution >= 0.6 is 0 Å². The number of methoxy groups -OCH3 is 1. The second-order valence-corrected chi connectivity index (χ2v) is 4.67. The Morgan fingerprint density at radius 3 is 2.57 bits per heavy atom. The van der Waals surface area contributed by atoms with Gasteiger partial charge in [0.15, 0.2) is 0 Å². The summed E-state index contributed by atoms with van der Waals surface area (Å²) < 4.78 is 5.12. The Kier molecular flexibility index (Phi) is 4.77. The van der Waals surface area contributed by atoms with Crippen molar-refractivity contribution in [3.8, 4) is 5.75 Å². The van der Waals surface area contributed by atoms with E-state index in [9.17, 15) is 4.79 Å². The van der Waals surface area contributed by atoms with Crippen molar-refractivity contribution >= 4 is 11.7 Å². The smallest absolute Gasteiger partial charge is 0.272 e. The molecule has 21 heavy (non-hydrogen) atoms. The Bertz CT molecular complexity index is 611. The first kappa shape index (κ1) is 14.8. The lowest BCUT2D eigenvalue weighted by Crippen LogP contribution is -2.27. The molecule has 0 saturated heterocycles. The Morgan fingerprint density at radius 1 is 1.24 bits per heavy atom. The predicted octanol–water partition coefficient (Wildman–Crippen LogP) is 2.40. The maximum atomic E-state index is 12.4. The van der Waals surface area contributed by atoms with Crippen molar-refractivity contribution in [1.29, 1.82) is 0 Å². The molecule has 1 amide bonds. The van der Waals surface area contributed by atoms with Crippen molar-refractivity contribution < 1.29 is 9.53 Å². The molecule has 2 aromatic rings. The Morgan fingerprint density at radius 2 is 1.95 bits per heavy atom. The van der Waals surface area contributed by atoms with Gasteiger partial charge in [0, 0.05) is 20.6 Å². The summed E-state index contributed by atoms with van der Waals surface area (Å²) in [5, 5.41) is 2.93. The number of carbonyl (C=O) groups excluding carboxylic acids is 1. The van der Waals surface area contributed by atoms with E-state index in [-0.39, 0.29) is 5.91 Å². The highest BCUT2D eigenvalue weighted by atomic mass is 16.5. The van der Waals surface area contributed by atoms with E-state index in [1.54, 1.807) is 32.2 Å². The van der Waals surface area contributed by atoms with Gasteiger partial charge in [-0.2, -0.15) is 0 Å². The number of anilines is 1. The van der Waals surface area contributed by atoms with Crippen LogP contribution in [0.3, 0.4) is 0 Å². The van der Waals surface area contributed by atoms with Gasteiger partial charge in [-0.25, -0.2) is 4.98 Å². The van der Waals surface area contributed by atoms with Crippen LogP contribution in [0.4, 0.5) is 5.82 Å². The lowest BCUT2D eigenvalue weighted by Gasteiger charge is -2.17. The number of rotatable bonds is 5. The molecule has 2 rings (SSSR count). The molecule has 0 unspecified atom stereocenters. The summed E-state index contributed by atoms with van der Waals surface area (Å²) in [5.41, 5.74) is 1.47. The van der Waals surface area contributed by atoms with E-state index in [0.29, 0.717) is 18.1 Å². The molecule has 110 valence electrons. The maximum Gasteiger partial charge on any atom is 0.272 e. The molecule has 1 aromatic carbocycles. The molecule has 1 N–H and O–H groups in total. The number of nitrogens with zero attached hydrogens (tertiary/aromatic N) is 2. The van der Waals surface area contributed by atoms with Gasteiger partial charge < -0.3 is 15.0 Å². The molecule has 0 radical (unpaired) electrons. The molecule has 0 aliphatic carbocycles. The summed E-state index contributed by atoms with van der Waals surface area (Å²) >= 11 is 0. The third-order valence-electron chi connectivity index (χ3n) is 3.15. The van der Waals surface area contributed by atoms with E-state index in [1.165, 1.54) is 0 Å². The van der Waals surface area contributed by atoms with Crippen LogP contribution in [-0.2, 0) is 6.54 Å². The van der Waals surface area contributed by atoms with Crippen LogP contribution in [0.1, 0.15) is 16.1 Å². The fraction of sp³-hybridized carbons (Fsp3) is 0.250. The number of hydrogen-bond acceptors (Lipinski definition) is 4. The Hall–Kier alpha value is -2.56. The first-order valence-electron chi connectivity index (χ1n) is 6.67. The van der Waals surface area contributed by atoms with E-state index in [2.05, 4.69) is 10.3 Å². The number of amides is 1. The number of benzene rings is 1. The van der Waals surface area contributed by atoms with Crippen LogP contribution < -0.4 is 10.1 Å². The van der Waals surface area contributed by atoms with E-state index in [1.807, 2.05) is 36.4 Å². The molecule has 0 atom stereocenters. The van der Waals surface area contributed by atoms with Crippen LogP contribution in [0.15, 0.2) is 42.5 Å². The lowest BCUT2D eigenvalue weighted by atomic mass is 10.2. The molecule has 0 fully saturated rings. The fourth-order valence-corrected chi connectivity index (χ4v) is 1.97. The highest BCUT2D eigenvalue weighted by Gasteiger charge is 2.13. The lowest BCUT2D eigenvalue weighted by molar-refractivity contribution is 0.0779. The number of nitrogens with one attached hydrogen (secondary N) is 1. The molecule has 5 nitrogen and oxygen atoms in total. The minimum absolute atomic E-state index is 0.108. The zero-order valence-electron chi connectivity index (χ0n) is 12.5. The molecule has 5 heteroatoms. The van der Waals surface area contributed by atoms with Gasteiger partial charge >= 0.3 is 0 Å². The molecule has 1 aromatic heterocycles. The van der Waals surface area contributed by atoms with Gasteiger partial charge in [0.2, 0.25) is 0 Å². The normalized spacial score (nSPS) is 10.0. The molecular weight excluding hydrogens is 266 g/mol. The van der Waals surface area contributed by atoms with E-state index < -0.39 is 0 Å². The van der Waals surface area contributed by atoms with Gasteiger partial charge in [-0.1, -0.05) is 18.2 Å². The number of pyridine rings is 1. The monoisotopic (exact) mass is 285 g/mol. The molecule has 0 bridgehead atoms. The third kappa shape index (κ3) is 3.72. The Labute approximate surface area is 124 Å². The summed E-state index contributed by atoms with van der Waals surface area (Å²) in [6.07, 6.45) is 0. The number of aromatic nitrogens is 1. The second kappa shape index (κ2) is 6.74. The molecule has 0 aliphatic rings. The van der Waals surface area contributed by atoms with Crippen LogP contribution in [0, 0.1) is 0 Å². The van der Waals surface area contributed by atoms with Crippen LogP contribution in [-0.4, -0.2) is 37.0 Å². The highest BCUT2D eigenvalue weighted by Crippen LogP contribution is 2.14. The van der Waals surface area contributed by atoms with Gasteiger partial charge in [-0.15, -0.1) is 0 Å². The largest absolute Gasteiger partial charge is 0.497 e. The zero-order valence-corrected chi connectivity index (χ0v) is 12.5. The van der Waals surface area contributed by atoms with Gasteiger partial charge in [0.1, 0.15) is 17.3 Å². The van der Waals surface area contributed by atoms with E-state index in [4.69, 9.17) is 4.74 Å². The van der Waals surface area contributed by atoms with Gasteiger partial charge in [-0.3, -0.25) is 4.79 Å². The molecular formula is C16H19N3O2. The average Bonchev–Trinajstić information content (AvgIpc) is 2.54. The topological polar surface area (TPSA) is 54.5 Å². The summed E-state index contributed by atoms with van der Waals surface area (Å²) in [7, 11) is 5.17. The summed E-state index contributed by atoms with van der Waals surface area (Å²) in [4.78, 5) is 18.3. The number of hydrogen-bond donors (Lipinski definition) is 1. The van der Waals surface area contributed by atoms with E-state index >= 15 is 0 Å². The molecule has 0 spiro atoms. The number of carbonyl (C=O) groups is 1. The number of ether oxygens (including phenoxy) is 1. The summed E-state index contributed by atoms with van der Waals surface area (Å²) in [5.74, 6) is 1.37. The van der Waals surface area contributed by atoms with Gasteiger partial charge in [0.05, 0.1) is 7.11 Å². The van der Waals surface area contributed by atoms with E-state index in [0.717, 1.165) is 11.3 Å². The predicted molar refractivity (Wildman–Crippen MR) is 82.6 cm³/mol. The minimum atomic E-state index is -0.108. The minimum Gasteiger partial charge on any atom is -0.497 e.